The third-order valence-corrected chi connectivity index (χ3v) is 7.51. The Bertz CT molecular complexity index is 1280. The van der Waals surface area contributed by atoms with Crippen LogP contribution in [0.25, 0.3) is 5.82 Å². The van der Waals surface area contributed by atoms with Gasteiger partial charge in [0.25, 0.3) is 0 Å². The first kappa shape index (κ1) is 23.7. The second kappa shape index (κ2) is 9.83. The SMILES string of the molecule is CCc1ccc(N2CCC(Oc3cc(=S)n(-c4ccc(S(C)(=O)=O)cn4)cc3Cl)CC2)cc1. The largest absolute Gasteiger partial charge is 0.489 e. The number of pyridine rings is 2. The lowest BCUT2D eigenvalue weighted by atomic mass is 10.1. The molecule has 0 atom stereocenters. The van der Waals surface area contributed by atoms with E-state index in [1.54, 1.807) is 22.9 Å². The Hall–Kier alpha value is -2.42. The minimum Gasteiger partial charge on any atom is -0.489 e. The molecule has 1 aliphatic heterocycles. The molecule has 0 amide bonds. The van der Waals surface area contributed by atoms with Gasteiger partial charge in [-0.1, -0.05) is 42.9 Å². The highest BCUT2D eigenvalue weighted by Gasteiger charge is 2.22. The molecule has 9 heteroatoms. The van der Waals surface area contributed by atoms with Gasteiger partial charge in [0.1, 0.15) is 22.3 Å². The van der Waals surface area contributed by atoms with Gasteiger partial charge in [-0.3, -0.25) is 4.57 Å². The Labute approximate surface area is 204 Å². The van der Waals surface area contributed by atoms with Gasteiger partial charge in [-0.05, 0) is 36.2 Å². The Morgan fingerprint density at radius 1 is 1.15 bits per heavy atom. The van der Waals surface area contributed by atoms with E-state index in [1.807, 2.05) is 0 Å². The Morgan fingerprint density at radius 3 is 2.42 bits per heavy atom. The van der Waals surface area contributed by atoms with E-state index in [-0.39, 0.29) is 11.0 Å². The number of benzene rings is 1. The normalized spacial score (nSPS) is 14.9. The summed E-state index contributed by atoms with van der Waals surface area (Å²) in [6.07, 6.45) is 7.00. The standard InChI is InChI=1S/C24H26ClN3O3S2/c1-3-17-4-6-18(7-5-17)27-12-10-19(11-13-27)31-22-14-24(32)28(16-21(22)25)23-9-8-20(15-26-23)33(2,29)30/h4-9,14-16,19H,3,10-13H2,1-2H3. The lowest BCUT2D eigenvalue weighted by Crippen LogP contribution is -2.38. The van der Waals surface area contributed by atoms with Crippen LogP contribution in [0, 0.1) is 4.64 Å². The molecule has 0 saturated carbocycles. The number of halogens is 1. The Balaban J connectivity index is 1.43. The van der Waals surface area contributed by atoms with Crippen molar-refractivity contribution in [3.63, 3.8) is 0 Å². The molecule has 0 spiro atoms. The molecule has 1 aliphatic rings. The molecule has 4 rings (SSSR count). The summed E-state index contributed by atoms with van der Waals surface area (Å²) >= 11 is 12.0. The quantitative estimate of drug-likeness (QED) is 0.427. The van der Waals surface area contributed by atoms with E-state index >= 15 is 0 Å². The molecule has 1 saturated heterocycles. The van der Waals surface area contributed by atoms with Crippen LogP contribution in [-0.4, -0.2) is 43.4 Å². The smallest absolute Gasteiger partial charge is 0.177 e. The molecule has 6 nitrogen and oxygen atoms in total. The minimum atomic E-state index is -3.32. The van der Waals surface area contributed by atoms with Crippen molar-refractivity contribution in [3.05, 3.63) is 70.1 Å². The number of aryl methyl sites for hydroxylation is 1. The van der Waals surface area contributed by atoms with E-state index in [1.165, 1.54) is 23.5 Å². The number of ether oxygens (including phenoxy) is 1. The van der Waals surface area contributed by atoms with Crippen LogP contribution in [-0.2, 0) is 16.3 Å². The molecule has 0 unspecified atom stereocenters. The maximum Gasteiger partial charge on any atom is 0.177 e. The molecule has 3 aromatic rings. The fraction of sp³-hybridized carbons (Fsp3) is 0.333. The van der Waals surface area contributed by atoms with Crippen molar-refractivity contribution < 1.29 is 13.2 Å². The van der Waals surface area contributed by atoms with Crippen LogP contribution in [0.5, 0.6) is 5.75 Å². The van der Waals surface area contributed by atoms with Gasteiger partial charge in [0.05, 0.1) is 9.92 Å². The number of hydrogen-bond acceptors (Lipinski definition) is 6. The first-order chi connectivity index (χ1) is 15.7. The summed E-state index contributed by atoms with van der Waals surface area (Å²) in [5.74, 6) is 1.04. The molecule has 0 bridgehead atoms. The number of anilines is 1. The van der Waals surface area contributed by atoms with Gasteiger partial charge in [-0.15, -0.1) is 0 Å². The van der Waals surface area contributed by atoms with Crippen molar-refractivity contribution in [2.45, 2.75) is 37.2 Å². The minimum absolute atomic E-state index is 0.0612. The highest BCUT2D eigenvalue weighted by atomic mass is 35.5. The summed E-state index contributed by atoms with van der Waals surface area (Å²) in [6.45, 7) is 3.99. The Morgan fingerprint density at radius 2 is 1.85 bits per heavy atom. The molecule has 1 aromatic carbocycles. The predicted molar refractivity (Wildman–Crippen MR) is 134 cm³/mol. The van der Waals surface area contributed by atoms with E-state index in [0.717, 1.165) is 38.6 Å². The van der Waals surface area contributed by atoms with Crippen LogP contribution in [0.3, 0.4) is 0 Å². The van der Waals surface area contributed by atoms with Crippen molar-refractivity contribution in [1.82, 2.24) is 9.55 Å². The second-order valence-electron chi connectivity index (χ2n) is 8.14. The van der Waals surface area contributed by atoms with Gasteiger partial charge in [-0.2, -0.15) is 0 Å². The number of hydrogen-bond donors (Lipinski definition) is 0. The molecule has 174 valence electrons. The number of aromatic nitrogens is 2. The average molecular weight is 504 g/mol. The molecular formula is C24H26ClN3O3S2. The third-order valence-electron chi connectivity index (χ3n) is 5.81. The average Bonchev–Trinajstić information content (AvgIpc) is 2.81. The highest BCUT2D eigenvalue weighted by Crippen LogP contribution is 2.30. The maximum atomic E-state index is 11.7. The van der Waals surface area contributed by atoms with Gasteiger partial charge in [-0.25, -0.2) is 13.4 Å². The van der Waals surface area contributed by atoms with Gasteiger partial charge >= 0.3 is 0 Å². The zero-order valence-corrected chi connectivity index (χ0v) is 21.0. The first-order valence-electron chi connectivity index (χ1n) is 10.8. The van der Waals surface area contributed by atoms with E-state index in [2.05, 4.69) is 41.1 Å². The van der Waals surface area contributed by atoms with Gasteiger partial charge < -0.3 is 9.64 Å². The van der Waals surface area contributed by atoms with Crippen LogP contribution < -0.4 is 9.64 Å². The molecule has 1 fully saturated rings. The molecule has 3 heterocycles. The molecule has 33 heavy (non-hydrogen) atoms. The fourth-order valence-electron chi connectivity index (χ4n) is 3.85. The first-order valence-corrected chi connectivity index (χ1v) is 13.5. The summed E-state index contributed by atoms with van der Waals surface area (Å²) in [5.41, 5.74) is 2.58. The molecule has 0 N–H and O–H groups in total. The summed E-state index contributed by atoms with van der Waals surface area (Å²) in [4.78, 5) is 6.75. The number of nitrogens with zero attached hydrogens (tertiary/aromatic N) is 3. The van der Waals surface area contributed by atoms with Gasteiger partial charge in [0.2, 0.25) is 0 Å². The number of rotatable bonds is 6. The van der Waals surface area contributed by atoms with E-state index < -0.39 is 9.84 Å². The number of sulfone groups is 1. The third kappa shape index (κ3) is 5.57. The van der Waals surface area contributed by atoms with Crippen molar-refractivity contribution in [3.8, 4) is 11.6 Å². The van der Waals surface area contributed by atoms with Crippen LogP contribution in [0.1, 0.15) is 25.3 Å². The zero-order chi connectivity index (χ0) is 23.6. The van der Waals surface area contributed by atoms with Crippen LogP contribution in [0.15, 0.2) is 59.8 Å². The van der Waals surface area contributed by atoms with E-state index in [0.29, 0.717) is 21.2 Å². The molecule has 0 aliphatic carbocycles. The van der Waals surface area contributed by atoms with Gasteiger partial charge in [0, 0.05) is 56.3 Å². The molecule has 0 radical (unpaired) electrons. The monoisotopic (exact) mass is 503 g/mol. The van der Waals surface area contributed by atoms with Crippen molar-refractivity contribution in [1.29, 1.82) is 0 Å². The fourth-order valence-corrected chi connectivity index (χ4v) is 4.86. The topological polar surface area (TPSA) is 64.4 Å². The summed E-state index contributed by atoms with van der Waals surface area (Å²) in [5, 5.41) is 0.426. The zero-order valence-electron chi connectivity index (χ0n) is 18.6. The lowest BCUT2D eigenvalue weighted by Gasteiger charge is -2.34. The molecule has 2 aromatic heterocycles. The highest BCUT2D eigenvalue weighted by molar-refractivity contribution is 7.90. The Kier molecular flexibility index (Phi) is 7.07. The predicted octanol–water partition coefficient (Wildman–Crippen LogP) is 5.27. The van der Waals surface area contributed by atoms with Crippen molar-refractivity contribution >= 4 is 39.3 Å². The van der Waals surface area contributed by atoms with E-state index in [4.69, 9.17) is 28.6 Å². The van der Waals surface area contributed by atoms with Crippen LogP contribution >= 0.6 is 23.8 Å². The summed E-state index contributed by atoms with van der Waals surface area (Å²) in [6, 6.07) is 13.6. The van der Waals surface area contributed by atoms with Crippen LogP contribution in [0.2, 0.25) is 5.02 Å². The van der Waals surface area contributed by atoms with Crippen molar-refractivity contribution in [2.24, 2.45) is 0 Å². The molecular weight excluding hydrogens is 478 g/mol. The van der Waals surface area contributed by atoms with Gasteiger partial charge in [0.15, 0.2) is 9.84 Å². The summed E-state index contributed by atoms with van der Waals surface area (Å²) in [7, 11) is -3.32. The van der Waals surface area contributed by atoms with Crippen molar-refractivity contribution in [2.75, 3.05) is 24.2 Å². The maximum absolute atomic E-state index is 11.7. The summed E-state index contributed by atoms with van der Waals surface area (Å²) < 4.78 is 31.6. The van der Waals surface area contributed by atoms with Crippen LogP contribution in [0.4, 0.5) is 5.69 Å². The number of piperidine rings is 1. The second-order valence-corrected chi connectivity index (χ2v) is 11.0. The van der Waals surface area contributed by atoms with E-state index in [9.17, 15) is 8.42 Å². The lowest BCUT2D eigenvalue weighted by molar-refractivity contribution is 0.171.